The van der Waals surface area contributed by atoms with Crippen LogP contribution in [-0.2, 0) is 21.3 Å². The Kier molecular flexibility index (Phi) is 8.26. The number of piperidine rings is 1. The predicted molar refractivity (Wildman–Crippen MR) is 135 cm³/mol. The Morgan fingerprint density at radius 1 is 1.20 bits per heavy atom. The lowest BCUT2D eigenvalue weighted by atomic mass is 10.0. The molecule has 0 bridgehead atoms. The van der Waals surface area contributed by atoms with Gasteiger partial charge < -0.3 is 19.5 Å². The van der Waals surface area contributed by atoms with E-state index in [0.29, 0.717) is 37.7 Å². The van der Waals surface area contributed by atoms with Gasteiger partial charge in [-0.15, -0.1) is 0 Å². The van der Waals surface area contributed by atoms with Crippen LogP contribution in [0, 0.1) is 5.92 Å². The van der Waals surface area contributed by atoms with Crippen LogP contribution in [0.25, 0.3) is 10.9 Å². The van der Waals surface area contributed by atoms with E-state index in [2.05, 4.69) is 17.1 Å². The maximum Gasteiger partial charge on any atom is 0.256 e. The van der Waals surface area contributed by atoms with E-state index in [1.54, 1.807) is 12.3 Å². The summed E-state index contributed by atoms with van der Waals surface area (Å²) in [6, 6.07) is 4.58. The number of amides is 1. The molecule has 3 heterocycles. The second kappa shape index (κ2) is 11.2. The van der Waals surface area contributed by atoms with Crippen molar-refractivity contribution in [1.82, 2.24) is 19.1 Å². The summed E-state index contributed by atoms with van der Waals surface area (Å²) in [5.74, 6) is 0.285. The van der Waals surface area contributed by atoms with Crippen LogP contribution in [0.15, 0.2) is 34.1 Å². The van der Waals surface area contributed by atoms with Crippen LogP contribution in [0.2, 0.25) is 0 Å². The molecule has 2 aliphatic rings. The Bertz CT molecular complexity index is 1220. The van der Waals surface area contributed by atoms with Crippen molar-refractivity contribution >= 4 is 26.8 Å². The number of ether oxygens (including phenoxy) is 1. The van der Waals surface area contributed by atoms with Gasteiger partial charge in [-0.05, 0) is 63.4 Å². The molecule has 1 amide bonds. The quantitative estimate of drug-likeness (QED) is 0.551. The average Bonchev–Trinajstić information content (AvgIpc) is 2.87. The largest absolute Gasteiger partial charge is 0.379 e. The molecule has 2 aromatic rings. The van der Waals surface area contributed by atoms with Crippen molar-refractivity contribution in [3.8, 4) is 0 Å². The third kappa shape index (κ3) is 5.77. The van der Waals surface area contributed by atoms with E-state index < -0.39 is 21.4 Å². The molecule has 2 saturated heterocycles. The van der Waals surface area contributed by atoms with E-state index in [-0.39, 0.29) is 28.9 Å². The van der Waals surface area contributed by atoms with Gasteiger partial charge in [0.1, 0.15) is 5.56 Å². The summed E-state index contributed by atoms with van der Waals surface area (Å²) in [4.78, 5) is 28.7. The fourth-order valence-electron chi connectivity index (χ4n) is 4.99. The van der Waals surface area contributed by atoms with E-state index in [0.717, 1.165) is 26.1 Å². The molecule has 0 aliphatic carbocycles. The van der Waals surface area contributed by atoms with Crippen LogP contribution in [0.5, 0.6) is 0 Å². The highest BCUT2D eigenvalue weighted by Gasteiger charge is 2.27. The Hall–Kier alpha value is -2.27. The number of aryl methyl sites for hydroxylation is 1. The molecular formula is C25H36N4O5S. The van der Waals surface area contributed by atoms with Gasteiger partial charge >= 0.3 is 0 Å². The summed E-state index contributed by atoms with van der Waals surface area (Å²) >= 11 is 0. The Morgan fingerprint density at radius 3 is 2.69 bits per heavy atom. The van der Waals surface area contributed by atoms with Crippen molar-refractivity contribution in [2.24, 2.45) is 5.92 Å². The first kappa shape index (κ1) is 25.8. The maximum absolute atomic E-state index is 13.3. The van der Waals surface area contributed by atoms with E-state index >= 15 is 0 Å². The maximum atomic E-state index is 13.3. The molecule has 10 heteroatoms. The Balaban J connectivity index is 1.53. The zero-order valence-corrected chi connectivity index (χ0v) is 21.5. The number of benzene rings is 1. The second-order valence-electron chi connectivity index (χ2n) is 9.51. The summed E-state index contributed by atoms with van der Waals surface area (Å²) < 4.78 is 34.7. The number of carbonyl (C=O) groups is 1. The Labute approximate surface area is 207 Å². The van der Waals surface area contributed by atoms with Crippen molar-refractivity contribution in [3.05, 3.63) is 40.2 Å². The summed E-state index contributed by atoms with van der Waals surface area (Å²) in [5.41, 5.74) is 0.187. The molecular weight excluding hydrogens is 468 g/mol. The number of morpholine rings is 1. The fourth-order valence-corrected chi connectivity index (χ4v) is 6.42. The number of nitrogens with one attached hydrogen (secondary N) is 1. The SMILES string of the molecule is CCn1cc(C(=O)NCCCN2CCC[C@H](C)C2)c(=O)c2cc(S(=O)(=O)N3CCOCC3)ccc21. The van der Waals surface area contributed by atoms with Crippen LogP contribution in [-0.4, -0.2) is 80.6 Å². The van der Waals surface area contributed by atoms with Gasteiger partial charge in [0.15, 0.2) is 0 Å². The van der Waals surface area contributed by atoms with E-state index in [1.807, 2.05) is 11.5 Å². The number of fused-ring (bicyclic) bond motifs is 1. The van der Waals surface area contributed by atoms with Gasteiger partial charge in [0, 0.05) is 44.3 Å². The summed E-state index contributed by atoms with van der Waals surface area (Å²) in [6.07, 6.45) is 4.87. The van der Waals surface area contributed by atoms with Crippen molar-refractivity contribution in [1.29, 1.82) is 0 Å². The topological polar surface area (TPSA) is 101 Å². The normalized spacial score (nSPS) is 20.2. The summed E-state index contributed by atoms with van der Waals surface area (Å²) in [6.45, 7) is 9.57. The van der Waals surface area contributed by atoms with Crippen molar-refractivity contribution in [2.45, 2.75) is 44.6 Å². The van der Waals surface area contributed by atoms with Crippen LogP contribution < -0.4 is 10.7 Å². The molecule has 4 rings (SSSR count). The molecule has 192 valence electrons. The molecule has 2 aliphatic heterocycles. The highest BCUT2D eigenvalue weighted by atomic mass is 32.2. The van der Waals surface area contributed by atoms with Crippen LogP contribution in [0.4, 0.5) is 0 Å². The lowest BCUT2D eigenvalue weighted by Crippen LogP contribution is -2.40. The third-order valence-corrected chi connectivity index (χ3v) is 8.82. The van der Waals surface area contributed by atoms with Gasteiger partial charge in [-0.25, -0.2) is 8.42 Å². The van der Waals surface area contributed by atoms with E-state index in [9.17, 15) is 18.0 Å². The molecule has 1 aromatic carbocycles. The summed E-state index contributed by atoms with van der Waals surface area (Å²) in [7, 11) is -3.76. The van der Waals surface area contributed by atoms with Gasteiger partial charge in [-0.2, -0.15) is 4.31 Å². The second-order valence-corrected chi connectivity index (χ2v) is 11.4. The van der Waals surface area contributed by atoms with E-state index in [4.69, 9.17) is 4.74 Å². The number of nitrogens with zero attached hydrogens (tertiary/aromatic N) is 3. The zero-order valence-electron chi connectivity index (χ0n) is 20.7. The molecule has 0 saturated carbocycles. The van der Waals surface area contributed by atoms with Crippen molar-refractivity contribution in [2.75, 3.05) is 52.5 Å². The molecule has 0 unspecified atom stereocenters. The van der Waals surface area contributed by atoms with Crippen LogP contribution in [0.3, 0.4) is 0 Å². The molecule has 0 radical (unpaired) electrons. The summed E-state index contributed by atoms with van der Waals surface area (Å²) in [5, 5.41) is 3.12. The highest BCUT2D eigenvalue weighted by Crippen LogP contribution is 2.22. The van der Waals surface area contributed by atoms with Gasteiger partial charge in [-0.1, -0.05) is 6.92 Å². The number of hydrogen-bond acceptors (Lipinski definition) is 6. The molecule has 9 nitrogen and oxygen atoms in total. The highest BCUT2D eigenvalue weighted by molar-refractivity contribution is 7.89. The third-order valence-electron chi connectivity index (χ3n) is 6.92. The molecule has 2 fully saturated rings. The number of hydrogen-bond donors (Lipinski definition) is 1. The fraction of sp³-hybridized carbons (Fsp3) is 0.600. The van der Waals surface area contributed by atoms with Crippen LogP contribution in [0.1, 0.15) is 43.5 Å². The first-order chi connectivity index (χ1) is 16.8. The molecule has 1 atom stereocenters. The number of carbonyl (C=O) groups excluding carboxylic acids is 1. The number of likely N-dealkylation sites (tertiary alicyclic amines) is 1. The van der Waals surface area contributed by atoms with Crippen LogP contribution >= 0.6 is 0 Å². The van der Waals surface area contributed by atoms with Gasteiger partial charge in [0.2, 0.25) is 15.5 Å². The number of rotatable bonds is 8. The number of sulfonamides is 1. The smallest absolute Gasteiger partial charge is 0.256 e. The number of aromatic nitrogens is 1. The molecule has 35 heavy (non-hydrogen) atoms. The van der Waals surface area contributed by atoms with E-state index in [1.165, 1.54) is 29.3 Å². The lowest BCUT2D eigenvalue weighted by molar-refractivity contribution is 0.0730. The zero-order chi connectivity index (χ0) is 25.0. The van der Waals surface area contributed by atoms with Gasteiger partial charge in [-0.3, -0.25) is 9.59 Å². The first-order valence-electron chi connectivity index (χ1n) is 12.6. The van der Waals surface area contributed by atoms with Crippen molar-refractivity contribution in [3.63, 3.8) is 0 Å². The molecule has 1 aromatic heterocycles. The minimum absolute atomic E-state index is 0.0341. The lowest BCUT2D eigenvalue weighted by Gasteiger charge is -2.30. The monoisotopic (exact) mass is 504 g/mol. The molecule has 1 N–H and O–H groups in total. The standard InChI is InChI=1S/C25H36N4O5S/c1-3-28-18-22(25(31)26-9-5-11-27-10-4-6-19(2)17-27)24(30)21-16-20(7-8-23(21)28)35(32,33)29-12-14-34-15-13-29/h7-8,16,18-19H,3-6,9-15,17H2,1-2H3,(H,26,31)/t19-/m0/s1. The average molecular weight is 505 g/mol. The predicted octanol–water partition coefficient (Wildman–Crippen LogP) is 1.89. The first-order valence-corrected chi connectivity index (χ1v) is 14.0. The minimum Gasteiger partial charge on any atom is -0.379 e. The van der Waals surface area contributed by atoms with Crippen molar-refractivity contribution < 1.29 is 17.9 Å². The Morgan fingerprint density at radius 2 is 1.97 bits per heavy atom. The number of pyridine rings is 1. The minimum atomic E-state index is -3.76. The molecule has 0 spiro atoms. The van der Waals surface area contributed by atoms with Gasteiger partial charge in [0.25, 0.3) is 5.91 Å². The van der Waals surface area contributed by atoms with Gasteiger partial charge in [0.05, 0.1) is 23.6 Å².